The maximum absolute atomic E-state index is 12.6. The van der Waals surface area contributed by atoms with E-state index in [1.165, 1.54) is 0 Å². The summed E-state index contributed by atoms with van der Waals surface area (Å²) in [6, 6.07) is 6.74. The van der Waals surface area contributed by atoms with Crippen molar-refractivity contribution in [1.82, 2.24) is 14.8 Å². The predicted octanol–water partition coefficient (Wildman–Crippen LogP) is 3.57. The highest BCUT2D eigenvalue weighted by Crippen LogP contribution is 2.25. The molecule has 0 spiro atoms. The molecule has 1 atom stereocenters. The Kier molecular flexibility index (Phi) is 7.41. The number of carbonyl (C=O) groups is 2. The number of ether oxygens (including phenoxy) is 1. The highest BCUT2D eigenvalue weighted by molar-refractivity contribution is 7.09. The fourth-order valence-electron chi connectivity index (χ4n) is 3.28. The van der Waals surface area contributed by atoms with Gasteiger partial charge in [-0.05, 0) is 37.6 Å². The van der Waals surface area contributed by atoms with Gasteiger partial charge in [0, 0.05) is 42.7 Å². The van der Waals surface area contributed by atoms with Crippen LogP contribution in [0.15, 0.2) is 35.7 Å². The first-order chi connectivity index (χ1) is 14.0. The van der Waals surface area contributed by atoms with Gasteiger partial charge in [0.25, 0.3) is 0 Å². The maximum Gasteiger partial charge on any atom is 0.328 e. The number of nitrogens with zero attached hydrogens (tertiary/aromatic N) is 3. The van der Waals surface area contributed by atoms with E-state index in [1.807, 2.05) is 24.4 Å². The van der Waals surface area contributed by atoms with E-state index < -0.39 is 6.04 Å². The lowest BCUT2D eigenvalue weighted by Gasteiger charge is -2.38. The molecule has 0 N–H and O–H groups in total. The minimum absolute atomic E-state index is 0.0468. The second kappa shape index (κ2) is 10.0. The Labute approximate surface area is 179 Å². The second-order valence-electron chi connectivity index (χ2n) is 6.69. The van der Waals surface area contributed by atoms with E-state index in [1.54, 1.807) is 47.4 Å². The fourth-order valence-corrected chi connectivity index (χ4v) is 3.99. The van der Waals surface area contributed by atoms with Gasteiger partial charge in [-0.15, -0.1) is 11.3 Å². The molecule has 6 nitrogen and oxygen atoms in total. The third kappa shape index (κ3) is 5.65. The van der Waals surface area contributed by atoms with Crippen LogP contribution in [0.4, 0.5) is 0 Å². The predicted molar refractivity (Wildman–Crippen MR) is 115 cm³/mol. The van der Waals surface area contributed by atoms with E-state index in [-0.39, 0.29) is 11.9 Å². The van der Waals surface area contributed by atoms with Crippen molar-refractivity contribution in [3.05, 3.63) is 57.0 Å². The summed E-state index contributed by atoms with van der Waals surface area (Å²) in [5.74, 6) is -0.331. The molecule has 3 rings (SSSR count). The fraction of sp³-hybridized carbons (Fsp3) is 0.381. The summed E-state index contributed by atoms with van der Waals surface area (Å²) in [5, 5.41) is 3.51. The van der Waals surface area contributed by atoms with Gasteiger partial charge in [0.05, 0.1) is 17.3 Å². The number of hydrogen-bond acceptors (Lipinski definition) is 6. The molecule has 8 heteroatoms. The Morgan fingerprint density at radius 1 is 1.24 bits per heavy atom. The Hall–Kier alpha value is -2.22. The summed E-state index contributed by atoms with van der Waals surface area (Å²) < 4.78 is 5.29. The van der Waals surface area contributed by atoms with Crippen molar-refractivity contribution in [3.8, 4) is 0 Å². The third-order valence-electron chi connectivity index (χ3n) is 4.72. The SMILES string of the molecule is CCOC(=O)[C@H](c1ccc(Cl)cc1)N1CCN(C(=O)/C=C/c2csc(C)n2)CC1. The molecule has 1 aliphatic rings. The summed E-state index contributed by atoms with van der Waals surface area (Å²) >= 11 is 7.54. The Morgan fingerprint density at radius 3 is 2.52 bits per heavy atom. The average Bonchev–Trinajstić information content (AvgIpc) is 3.14. The molecule has 154 valence electrons. The lowest BCUT2D eigenvalue weighted by molar-refractivity contribution is -0.151. The first-order valence-electron chi connectivity index (χ1n) is 9.53. The number of piperazine rings is 1. The normalized spacial score (nSPS) is 16.2. The standard InChI is InChI=1S/C21H24ClN3O3S/c1-3-28-21(27)20(16-4-6-17(22)7-5-16)25-12-10-24(11-13-25)19(26)9-8-18-14-29-15(2)23-18/h4-9,14,20H,3,10-13H2,1-2H3/b9-8+/t20-/m0/s1. The molecular weight excluding hydrogens is 410 g/mol. The van der Waals surface area contributed by atoms with Gasteiger partial charge in [0.15, 0.2) is 0 Å². The zero-order valence-corrected chi connectivity index (χ0v) is 18.1. The summed E-state index contributed by atoms with van der Waals surface area (Å²) in [4.78, 5) is 33.3. The van der Waals surface area contributed by atoms with Crippen LogP contribution in [0.25, 0.3) is 6.08 Å². The van der Waals surface area contributed by atoms with Gasteiger partial charge < -0.3 is 9.64 Å². The number of benzene rings is 1. The topological polar surface area (TPSA) is 62.7 Å². The van der Waals surface area contributed by atoms with E-state index in [0.29, 0.717) is 37.8 Å². The van der Waals surface area contributed by atoms with Gasteiger partial charge in [0.2, 0.25) is 5.91 Å². The maximum atomic E-state index is 12.6. The number of amides is 1. The van der Waals surface area contributed by atoms with E-state index >= 15 is 0 Å². The molecule has 1 saturated heterocycles. The molecule has 0 radical (unpaired) electrons. The lowest BCUT2D eigenvalue weighted by Crippen LogP contribution is -2.50. The first kappa shape index (κ1) is 21.5. The molecule has 1 fully saturated rings. The number of hydrogen-bond donors (Lipinski definition) is 0. The molecular formula is C21H24ClN3O3S. The van der Waals surface area contributed by atoms with Crippen LogP contribution in [-0.2, 0) is 14.3 Å². The Morgan fingerprint density at radius 2 is 1.93 bits per heavy atom. The summed E-state index contributed by atoms with van der Waals surface area (Å²) in [5.41, 5.74) is 1.64. The summed E-state index contributed by atoms with van der Waals surface area (Å²) in [7, 11) is 0. The van der Waals surface area contributed by atoms with E-state index in [4.69, 9.17) is 16.3 Å². The summed E-state index contributed by atoms with van der Waals surface area (Å²) in [6.45, 7) is 6.31. The van der Waals surface area contributed by atoms with E-state index in [0.717, 1.165) is 16.3 Å². The minimum Gasteiger partial charge on any atom is -0.465 e. The second-order valence-corrected chi connectivity index (χ2v) is 8.19. The monoisotopic (exact) mass is 433 g/mol. The van der Waals surface area contributed by atoms with Crippen molar-refractivity contribution in [1.29, 1.82) is 0 Å². The molecule has 0 saturated carbocycles. The van der Waals surface area contributed by atoms with Crippen LogP contribution in [0.3, 0.4) is 0 Å². The smallest absolute Gasteiger partial charge is 0.328 e. The molecule has 0 aliphatic carbocycles. The largest absolute Gasteiger partial charge is 0.465 e. The van der Waals surface area contributed by atoms with Gasteiger partial charge in [-0.2, -0.15) is 0 Å². The zero-order valence-electron chi connectivity index (χ0n) is 16.5. The van der Waals surface area contributed by atoms with Crippen molar-refractivity contribution >= 4 is 40.9 Å². The van der Waals surface area contributed by atoms with Crippen molar-refractivity contribution in [3.63, 3.8) is 0 Å². The third-order valence-corrected chi connectivity index (χ3v) is 5.76. The number of esters is 1. The zero-order chi connectivity index (χ0) is 20.8. The van der Waals surface area contributed by atoms with E-state index in [2.05, 4.69) is 9.88 Å². The van der Waals surface area contributed by atoms with Crippen LogP contribution in [0, 0.1) is 6.92 Å². The van der Waals surface area contributed by atoms with E-state index in [9.17, 15) is 9.59 Å². The number of aryl methyl sites for hydroxylation is 1. The minimum atomic E-state index is -0.502. The molecule has 0 unspecified atom stereocenters. The van der Waals surface area contributed by atoms with Crippen molar-refractivity contribution in [2.75, 3.05) is 32.8 Å². The van der Waals surface area contributed by atoms with Crippen LogP contribution >= 0.6 is 22.9 Å². The van der Waals surface area contributed by atoms with Crippen LogP contribution in [0.5, 0.6) is 0 Å². The van der Waals surface area contributed by atoms with Gasteiger partial charge in [-0.25, -0.2) is 9.78 Å². The van der Waals surface area contributed by atoms with Gasteiger partial charge in [0.1, 0.15) is 6.04 Å². The van der Waals surface area contributed by atoms with Gasteiger partial charge >= 0.3 is 5.97 Å². The molecule has 0 bridgehead atoms. The van der Waals surface area contributed by atoms with Crippen LogP contribution in [0.1, 0.15) is 29.2 Å². The number of thiazole rings is 1. The number of rotatable bonds is 6. The molecule has 29 heavy (non-hydrogen) atoms. The lowest BCUT2D eigenvalue weighted by atomic mass is 10.0. The highest BCUT2D eigenvalue weighted by Gasteiger charge is 2.32. The van der Waals surface area contributed by atoms with Gasteiger partial charge in [-0.1, -0.05) is 23.7 Å². The van der Waals surface area contributed by atoms with Crippen LogP contribution in [-0.4, -0.2) is 59.4 Å². The summed E-state index contributed by atoms with van der Waals surface area (Å²) in [6.07, 6.45) is 3.31. The molecule has 1 aliphatic heterocycles. The molecule has 2 aromatic rings. The van der Waals surface area contributed by atoms with Crippen LogP contribution < -0.4 is 0 Å². The van der Waals surface area contributed by atoms with Gasteiger partial charge in [-0.3, -0.25) is 9.69 Å². The van der Waals surface area contributed by atoms with Crippen molar-refractivity contribution < 1.29 is 14.3 Å². The molecule has 1 amide bonds. The first-order valence-corrected chi connectivity index (χ1v) is 10.8. The Bertz CT molecular complexity index is 874. The average molecular weight is 434 g/mol. The highest BCUT2D eigenvalue weighted by atomic mass is 35.5. The number of aromatic nitrogens is 1. The molecule has 1 aromatic carbocycles. The quantitative estimate of drug-likeness (QED) is 0.514. The molecule has 2 heterocycles. The van der Waals surface area contributed by atoms with Crippen molar-refractivity contribution in [2.24, 2.45) is 0 Å². The number of carbonyl (C=O) groups excluding carboxylic acids is 2. The van der Waals surface area contributed by atoms with Crippen molar-refractivity contribution in [2.45, 2.75) is 19.9 Å². The van der Waals surface area contributed by atoms with Crippen LogP contribution in [0.2, 0.25) is 5.02 Å². The number of halogens is 1. The Balaban J connectivity index is 1.64. The molecule has 1 aromatic heterocycles.